The van der Waals surface area contributed by atoms with Crippen LogP contribution in [0.3, 0.4) is 0 Å². The van der Waals surface area contributed by atoms with Crippen molar-refractivity contribution in [2.45, 2.75) is 32.8 Å². The first kappa shape index (κ1) is 14.3. The van der Waals surface area contributed by atoms with E-state index in [0.29, 0.717) is 22.5 Å². The number of halogens is 2. The fourth-order valence-electron chi connectivity index (χ4n) is 1.35. The minimum absolute atomic E-state index is 0.144. The number of aromatic nitrogens is 2. The molecule has 0 atom stereocenters. The van der Waals surface area contributed by atoms with E-state index in [-0.39, 0.29) is 12.0 Å². The molecule has 0 spiro atoms. The van der Waals surface area contributed by atoms with Crippen molar-refractivity contribution < 1.29 is 9.26 Å². The van der Waals surface area contributed by atoms with Gasteiger partial charge in [0.15, 0.2) is 12.4 Å². The molecular weight excluding hydrogens is 332 g/mol. The van der Waals surface area contributed by atoms with E-state index in [0.717, 1.165) is 4.47 Å². The van der Waals surface area contributed by atoms with Crippen LogP contribution < -0.4 is 4.74 Å². The zero-order chi connectivity index (χ0) is 14.0. The van der Waals surface area contributed by atoms with Gasteiger partial charge in [0.2, 0.25) is 0 Å². The van der Waals surface area contributed by atoms with Gasteiger partial charge in [-0.25, -0.2) is 0 Å². The summed E-state index contributed by atoms with van der Waals surface area (Å²) in [5.74, 6) is 1.67. The monoisotopic (exact) mass is 344 g/mol. The summed E-state index contributed by atoms with van der Waals surface area (Å²) in [5, 5.41) is 4.47. The van der Waals surface area contributed by atoms with Crippen LogP contribution in [0.4, 0.5) is 0 Å². The van der Waals surface area contributed by atoms with E-state index in [1.807, 2.05) is 26.8 Å². The molecule has 102 valence electrons. The minimum Gasteiger partial charge on any atom is -0.482 e. The molecule has 19 heavy (non-hydrogen) atoms. The van der Waals surface area contributed by atoms with E-state index in [2.05, 4.69) is 26.1 Å². The van der Waals surface area contributed by atoms with Crippen molar-refractivity contribution in [2.24, 2.45) is 0 Å². The van der Waals surface area contributed by atoms with Crippen LogP contribution in [-0.4, -0.2) is 10.1 Å². The van der Waals surface area contributed by atoms with Crippen LogP contribution in [0.2, 0.25) is 5.02 Å². The number of ether oxygens (including phenoxy) is 1. The van der Waals surface area contributed by atoms with Crippen LogP contribution in [0.15, 0.2) is 27.2 Å². The molecule has 4 nitrogen and oxygen atoms in total. The summed E-state index contributed by atoms with van der Waals surface area (Å²) in [6.07, 6.45) is 0. The molecule has 6 heteroatoms. The summed E-state index contributed by atoms with van der Waals surface area (Å²) >= 11 is 9.39. The molecule has 1 heterocycles. The van der Waals surface area contributed by atoms with Gasteiger partial charge >= 0.3 is 0 Å². The van der Waals surface area contributed by atoms with E-state index >= 15 is 0 Å². The lowest BCUT2D eigenvalue weighted by Crippen LogP contribution is -2.13. The number of benzene rings is 1. The molecule has 0 fully saturated rings. The highest BCUT2D eigenvalue weighted by Crippen LogP contribution is 2.28. The summed E-state index contributed by atoms with van der Waals surface area (Å²) in [7, 11) is 0. The molecule has 0 aliphatic heterocycles. The molecule has 0 saturated heterocycles. The van der Waals surface area contributed by atoms with Crippen molar-refractivity contribution in [1.29, 1.82) is 0 Å². The van der Waals surface area contributed by atoms with Gasteiger partial charge in [-0.05, 0) is 18.2 Å². The van der Waals surface area contributed by atoms with Gasteiger partial charge in [-0.3, -0.25) is 0 Å². The average molecular weight is 346 g/mol. The van der Waals surface area contributed by atoms with Gasteiger partial charge in [0.1, 0.15) is 5.75 Å². The third-order valence-electron chi connectivity index (χ3n) is 2.38. The third-order valence-corrected chi connectivity index (χ3v) is 3.19. The van der Waals surface area contributed by atoms with Crippen LogP contribution in [-0.2, 0) is 12.0 Å². The van der Waals surface area contributed by atoms with Crippen molar-refractivity contribution in [3.8, 4) is 5.75 Å². The molecule has 0 bridgehead atoms. The third kappa shape index (κ3) is 3.70. The molecule has 0 radical (unpaired) electrons. The standard InChI is InChI=1S/C13H14BrClN2O2/c1-13(2,3)12-16-11(19-17-12)7-18-10-6-8(14)4-5-9(10)15/h4-6H,7H2,1-3H3. The number of hydrogen-bond donors (Lipinski definition) is 0. The Kier molecular flexibility index (Phi) is 4.16. The Morgan fingerprint density at radius 3 is 2.74 bits per heavy atom. The molecule has 1 aromatic heterocycles. The molecule has 2 aromatic rings. The maximum atomic E-state index is 6.03. The quantitative estimate of drug-likeness (QED) is 0.829. The van der Waals surface area contributed by atoms with E-state index < -0.39 is 0 Å². The van der Waals surface area contributed by atoms with Crippen molar-refractivity contribution >= 4 is 27.5 Å². The van der Waals surface area contributed by atoms with Crippen LogP contribution in [0.25, 0.3) is 0 Å². The first-order chi connectivity index (χ1) is 8.86. The number of hydrogen-bond acceptors (Lipinski definition) is 4. The Morgan fingerprint density at radius 2 is 2.11 bits per heavy atom. The van der Waals surface area contributed by atoms with Gasteiger partial charge in [-0.2, -0.15) is 4.98 Å². The van der Waals surface area contributed by atoms with E-state index in [4.69, 9.17) is 20.9 Å². The van der Waals surface area contributed by atoms with Gasteiger partial charge in [-0.1, -0.05) is 53.5 Å². The van der Waals surface area contributed by atoms with Crippen molar-refractivity contribution in [3.63, 3.8) is 0 Å². The summed E-state index contributed by atoms with van der Waals surface area (Å²) in [5.41, 5.74) is -0.144. The van der Waals surface area contributed by atoms with Gasteiger partial charge in [-0.15, -0.1) is 0 Å². The van der Waals surface area contributed by atoms with Gasteiger partial charge in [0, 0.05) is 9.89 Å². The maximum absolute atomic E-state index is 6.03. The summed E-state index contributed by atoms with van der Waals surface area (Å²) < 4.78 is 11.6. The van der Waals surface area contributed by atoms with E-state index in [1.54, 1.807) is 12.1 Å². The molecule has 0 unspecified atom stereocenters. The smallest absolute Gasteiger partial charge is 0.264 e. The molecule has 0 amide bonds. The molecule has 0 N–H and O–H groups in total. The zero-order valence-electron chi connectivity index (χ0n) is 10.9. The lowest BCUT2D eigenvalue weighted by atomic mass is 9.96. The SMILES string of the molecule is CC(C)(C)c1noc(COc2cc(Br)ccc2Cl)n1. The minimum atomic E-state index is -0.144. The second-order valence-electron chi connectivity index (χ2n) is 5.13. The summed E-state index contributed by atoms with van der Waals surface area (Å²) in [6.45, 7) is 6.26. The van der Waals surface area contributed by atoms with Gasteiger partial charge in [0.05, 0.1) is 5.02 Å². The highest BCUT2D eigenvalue weighted by Gasteiger charge is 2.21. The summed E-state index contributed by atoms with van der Waals surface area (Å²) in [4.78, 5) is 4.29. The lowest BCUT2D eigenvalue weighted by Gasteiger charge is -2.10. The van der Waals surface area contributed by atoms with E-state index in [1.165, 1.54) is 0 Å². The largest absolute Gasteiger partial charge is 0.482 e. The molecule has 1 aromatic carbocycles. The van der Waals surface area contributed by atoms with Crippen LogP contribution in [0.5, 0.6) is 5.75 Å². The fourth-order valence-corrected chi connectivity index (χ4v) is 1.86. The first-order valence-corrected chi connectivity index (χ1v) is 6.94. The van der Waals surface area contributed by atoms with Gasteiger partial charge < -0.3 is 9.26 Å². The number of rotatable bonds is 3. The highest BCUT2D eigenvalue weighted by molar-refractivity contribution is 9.10. The number of nitrogens with zero attached hydrogens (tertiary/aromatic N) is 2. The Hall–Kier alpha value is -1.07. The molecule has 0 aliphatic rings. The fraction of sp³-hybridized carbons (Fsp3) is 0.385. The Bertz CT molecular complexity index is 578. The molecule has 2 rings (SSSR count). The molecular formula is C13H14BrClN2O2. The van der Waals surface area contributed by atoms with Crippen LogP contribution >= 0.6 is 27.5 Å². The maximum Gasteiger partial charge on any atom is 0.264 e. The normalized spacial score (nSPS) is 11.6. The zero-order valence-corrected chi connectivity index (χ0v) is 13.2. The Labute approximate surface area is 125 Å². The predicted octanol–water partition coefficient (Wildman–Crippen LogP) is 4.36. The van der Waals surface area contributed by atoms with Crippen LogP contribution in [0.1, 0.15) is 32.5 Å². The average Bonchev–Trinajstić information content (AvgIpc) is 2.79. The highest BCUT2D eigenvalue weighted by atomic mass is 79.9. The molecule has 0 saturated carbocycles. The van der Waals surface area contributed by atoms with Crippen molar-refractivity contribution in [1.82, 2.24) is 10.1 Å². The molecule has 0 aliphatic carbocycles. The second-order valence-corrected chi connectivity index (χ2v) is 6.45. The lowest BCUT2D eigenvalue weighted by molar-refractivity contribution is 0.242. The Balaban J connectivity index is 2.06. The van der Waals surface area contributed by atoms with E-state index in [9.17, 15) is 0 Å². The topological polar surface area (TPSA) is 48.2 Å². The Morgan fingerprint density at radius 1 is 1.37 bits per heavy atom. The predicted molar refractivity (Wildman–Crippen MR) is 76.5 cm³/mol. The van der Waals surface area contributed by atoms with Crippen LogP contribution in [0, 0.1) is 0 Å². The van der Waals surface area contributed by atoms with Gasteiger partial charge in [0.25, 0.3) is 5.89 Å². The second kappa shape index (κ2) is 5.51. The first-order valence-electron chi connectivity index (χ1n) is 5.77. The van der Waals surface area contributed by atoms with Crippen molar-refractivity contribution in [3.05, 3.63) is 39.4 Å². The summed E-state index contributed by atoms with van der Waals surface area (Å²) in [6, 6.07) is 5.40. The van der Waals surface area contributed by atoms with Crippen molar-refractivity contribution in [2.75, 3.05) is 0 Å².